The van der Waals surface area contributed by atoms with Crippen molar-refractivity contribution in [2.45, 2.75) is 20.8 Å². The van der Waals surface area contributed by atoms with Crippen LogP contribution < -0.4 is 5.36 Å². The molecule has 1 heterocycles. The lowest BCUT2D eigenvalue weighted by Gasteiger charge is -2.07. The van der Waals surface area contributed by atoms with E-state index >= 15 is 0 Å². The van der Waals surface area contributed by atoms with Crippen molar-refractivity contribution in [2.75, 3.05) is 7.05 Å². The molecule has 0 aromatic heterocycles. The Morgan fingerprint density at radius 1 is 0.947 bits per heavy atom. The molecule has 0 bridgehead atoms. The van der Waals surface area contributed by atoms with Gasteiger partial charge in [0.05, 0.1) is 5.36 Å². The first-order valence-electron chi connectivity index (χ1n) is 6.63. The van der Waals surface area contributed by atoms with E-state index in [1.165, 1.54) is 5.56 Å². The molecule has 0 N–H and O–H groups in total. The van der Waals surface area contributed by atoms with Gasteiger partial charge in [-0.1, -0.05) is 26.0 Å². The number of nitrogens with zero attached hydrogens (tertiary/aromatic N) is 1. The highest BCUT2D eigenvalue weighted by molar-refractivity contribution is 5.83. The van der Waals surface area contributed by atoms with Gasteiger partial charge < -0.3 is 4.42 Å². The topological polar surface area (TPSA) is 25.5 Å². The van der Waals surface area contributed by atoms with Crippen LogP contribution in [-0.4, -0.2) is 7.05 Å². The lowest BCUT2D eigenvalue weighted by Crippen LogP contribution is -2.00. The highest BCUT2D eigenvalue weighted by Crippen LogP contribution is 2.27. The molecule has 1 aromatic rings. The second kappa shape index (κ2) is 5.70. The SMILES string of the molecule is CC.CN=c1ccc2cc3ccc(C)cc3oc-2c1. The number of rotatable bonds is 0. The van der Waals surface area contributed by atoms with E-state index in [4.69, 9.17) is 4.42 Å². The van der Waals surface area contributed by atoms with Crippen molar-refractivity contribution in [3.8, 4) is 11.3 Å². The summed E-state index contributed by atoms with van der Waals surface area (Å²) in [6.45, 7) is 6.07. The highest BCUT2D eigenvalue weighted by Gasteiger charge is 2.06. The average Bonchev–Trinajstić information content (AvgIpc) is 2.46. The van der Waals surface area contributed by atoms with Gasteiger partial charge >= 0.3 is 0 Å². The summed E-state index contributed by atoms with van der Waals surface area (Å²) >= 11 is 0. The van der Waals surface area contributed by atoms with Crippen LogP contribution in [0.5, 0.6) is 0 Å². The molecule has 19 heavy (non-hydrogen) atoms. The van der Waals surface area contributed by atoms with E-state index in [0.29, 0.717) is 0 Å². The van der Waals surface area contributed by atoms with Gasteiger partial charge in [0, 0.05) is 24.1 Å². The number of hydrogen-bond donors (Lipinski definition) is 0. The van der Waals surface area contributed by atoms with Crippen LogP contribution in [0, 0.1) is 6.92 Å². The van der Waals surface area contributed by atoms with Crippen LogP contribution in [0.15, 0.2) is 51.9 Å². The lowest BCUT2D eigenvalue weighted by atomic mass is 10.1. The zero-order valence-corrected chi connectivity index (χ0v) is 11.9. The Bertz CT molecular complexity index is 725. The van der Waals surface area contributed by atoms with Crippen molar-refractivity contribution in [2.24, 2.45) is 4.99 Å². The molecule has 3 rings (SSSR count). The van der Waals surface area contributed by atoms with Gasteiger partial charge in [0.1, 0.15) is 11.3 Å². The molecule has 1 aromatic carbocycles. The molecule has 1 aliphatic carbocycles. The normalized spacial score (nSPS) is 11.5. The minimum Gasteiger partial charge on any atom is -0.456 e. The van der Waals surface area contributed by atoms with Crippen molar-refractivity contribution in [3.05, 3.63) is 53.4 Å². The van der Waals surface area contributed by atoms with Crippen LogP contribution in [-0.2, 0) is 0 Å². The highest BCUT2D eigenvalue weighted by atomic mass is 16.3. The molecule has 0 saturated heterocycles. The molecule has 98 valence electrons. The Kier molecular flexibility index (Phi) is 4.00. The molecule has 0 amide bonds. The minimum atomic E-state index is 0.881. The zero-order chi connectivity index (χ0) is 13.8. The van der Waals surface area contributed by atoms with E-state index in [9.17, 15) is 0 Å². The predicted molar refractivity (Wildman–Crippen MR) is 80.4 cm³/mol. The van der Waals surface area contributed by atoms with E-state index in [-0.39, 0.29) is 0 Å². The molecule has 2 heteroatoms. The van der Waals surface area contributed by atoms with Gasteiger partial charge in [-0.3, -0.25) is 4.99 Å². The third kappa shape index (κ3) is 2.68. The first-order valence-corrected chi connectivity index (χ1v) is 6.63. The molecule has 2 aliphatic rings. The summed E-state index contributed by atoms with van der Waals surface area (Å²) in [6, 6.07) is 14.4. The van der Waals surface area contributed by atoms with Crippen LogP contribution in [0.25, 0.3) is 22.3 Å². The largest absolute Gasteiger partial charge is 0.456 e. The summed E-state index contributed by atoms with van der Waals surface area (Å²) in [7, 11) is 1.78. The smallest absolute Gasteiger partial charge is 0.136 e. The van der Waals surface area contributed by atoms with E-state index in [2.05, 4.69) is 36.2 Å². The van der Waals surface area contributed by atoms with Crippen molar-refractivity contribution in [1.29, 1.82) is 0 Å². The summed E-state index contributed by atoms with van der Waals surface area (Å²) in [5, 5.41) is 2.07. The fourth-order valence-corrected chi connectivity index (χ4v) is 2.00. The number of benzene rings is 2. The van der Waals surface area contributed by atoms with E-state index in [0.717, 1.165) is 27.7 Å². The van der Waals surface area contributed by atoms with Crippen molar-refractivity contribution in [3.63, 3.8) is 0 Å². The minimum absolute atomic E-state index is 0.881. The number of fused-ring (bicyclic) bond motifs is 2. The van der Waals surface area contributed by atoms with Crippen LogP contribution in [0.2, 0.25) is 0 Å². The molecule has 0 unspecified atom stereocenters. The van der Waals surface area contributed by atoms with Gasteiger partial charge in [0.2, 0.25) is 0 Å². The first-order chi connectivity index (χ1) is 9.26. The van der Waals surface area contributed by atoms with Crippen LogP contribution in [0.4, 0.5) is 0 Å². The van der Waals surface area contributed by atoms with Crippen LogP contribution >= 0.6 is 0 Å². The van der Waals surface area contributed by atoms with Gasteiger partial charge in [0.15, 0.2) is 0 Å². The maximum Gasteiger partial charge on any atom is 0.136 e. The fraction of sp³-hybridized carbons (Fsp3) is 0.235. The summed E-state index contributed by atoms with van der Waals surface area (Å²) < 4.78 is 5.91. The molecule has 0 fully saturated rings. The standard InChI is InChI=1S/C15H13NO.C2H6/c1-10-3-4-11-8-12-5-6-13(16-2)9-15(12)17-14(11)7-10;1-2/h3-9H,1-2H3;1-2H3. The van der Waals surface area contributed by atoms with Gasteiger partial charge in [0.25, 0.3) is 0 Å². The van der Waals surface area contributed by atoms with Gasteiger partial charge in [-0.2, -0.15) is 0 Å². The monoisotopic (exact) mass is 253 g/mol. The molecule has 1 aliphatic heterocycles. The number of aryl methyl sites for hydroxylation is 1. The second-order valence-electron chi connectivity index (χ2n) is 4.23. The number of hydrogen-bond acceptors (Lipinski definition) is 2. The summed E-state index contributed by atoms with van der Waals surface area (Å²) in [4.78, 5) is 4.16. The maximum atomic E-state index is 5.91. The van der Waals surface area contributed by atoms with Gasteiger partial charge in [-0.15, -0.1) is 0 Å². The van der Waals surface area contributed by atoms with E-state index < -0.39 is 0 Å². The second-order valence-corrected chi connectivity index (χ2v) is 4.23. The average molecular weight is 253 g/mol. The fourth-order valence-electron chi connectivity index (χ4n) is 2.00. The Labute approximate surface area is 113 Å². The molecular weight excluding hydrogens is 234 g/mol. The molecule has 0 radical (unpaired) electrons. The summed E-state index contributed by atoms with van der Waals surface area (Å²) in [5.41, 5.74) is 3.23. The van der Waals surface area contributed by atoms with Crippen LogP contribution in [0.1, 0.15) is 19.4 Å². The third-order valence-corrected chi connectivity index (χ3v) is 2.96. The van der Waals surface area contributed by atoms with Crippen molar-refractivity contribution < 1.29 is 4.42 Å². The van der Waals surface area contributed by atoms with Crippen molar-refractivity contribution in [1.82, 2.24) is 0 Å². The molecule has 0 saturated carbocycles. The molecule has 2 nitrogen and oxygen atoms in total. The Morgan fingerprint density at radius 3 is 2.47 bits per heavy atom. The van der Waals surface area contributed by atoms with E-state index in [1.807, 2.05) is 32.0 Å². The van der Waals surface area contributed by atoms with Crippen molar-refractivity contribution >= 4 is 11.0 Å². The summed E-state index contributed by atoms with van der Waals surface area (Å²) in [6.07, 6.45) is 0. The molecule has 0 atom stereocenters. The first kappa shape index (κ1) is 13.3. The third-order valence-electron chi connectivity index (χ3n) is 2.96. The molecular formula is C17H19NO. The maximum absolute atomic E-state index is 5.91. The van der Waals surface area contributed by atoms with Gasteiger partial charge in [-0.25, -0.2) is 0 Å². The lowest BCUT2D eigenvalue weighted by molar-refractivity contribution is 0.618. The zero-order valence-electron chi connectivity index (χ0n) is 11.9. The Morgan fingerprint density at radius 2 is 1.74 bits per heavy atom. The quantitative estimate of drug-likeness (QED) is 0.545. The van der Waals surface area contributed by atoms with Gasteiger partial charge in [-0.05, 0) is 36.8 Å². The summed E-state index contributed by atoms with van der Waals surface area (Å²) in [5.74, 6) is 0.881. The Hall–Kier alpha value is -2.09. The Balaban J connectivity index is 0.000000637. The molecule has 0 spiro atoms. The van der Waals surface area contributed by atoms with Crippen LogP contribution in [0.3, 0.4) is 0 Å². The van der Waals surface area contributed by atoms with E-state index in [1.54, 1.807) is 7.05 Å². The predicted octanol–water partition coefficient (Wildman–Crippen LogP) is 4.40.